The van der Waals surface area contributed by atoms with Crippen LogP contribution in [0, 0.1) is 0 Å². The van der Waals surface area contributed by atoms with E-state index in [2.05, 4.69) is 24.2 Å². The van der Waals surface area contributed by atoms with E-state index >= 15 is 0 Å². The minimum absolute atomic E-state index is 0.670. The van der Waals surface area contributed by atoms with Crippen molar-refractivity contribution < 1.29 is 4.74 Å². The van der Waals surface area contributed by atoms with Gasteiger partial charge >= 0.3 is 0 Å². The molecule has 3 nitrogen and oxygen atoms in total. The Bertz CT molecular complexity index is 221. The first kappa shape index (κ1) is 14.3. The van der Waals surface area contributed by atoms with E-state index in [4.69, 9.17) is 4.74 Å². The summed E-state index contributed by atoms with van der Waals surface area (Å²) >= 11 is 0. The molecule has 0 aromatic heterocycles. The van der Waals surface area contributed by atoms with Crippen LogP contribution in [0.25, 0.3) is 0 Å². The Morgan fingerprint density at radius 1 is 1.11 bits per heavy atom. The first-order valence-corrected chi connectivity index (χ1v) is 7.84. The maximum absolute atomic E-state index is 5.61. The molecule has 2 aliphatic rings. The highest BCUT2D eigenvalue weighted by Crippen LogP contribution is 2.25. The van der Waals surface area contributed by atoms with Crippen LogP contribution in [0.5, 0.6) is 0 Å². The fourth-order valence-corrected chi connectivity index (χ4v) is 3.38. The lowest BCUT2D eigenvalue weighted by Crippen LogP contribution is -2.47. The number of likely N-dealkylation sites (N-methyl/N-ethyl adjacent to an activating group) is 1. The van der Waals surface area contributed by atoms with E-state index in [0.717, 1.165) is 25.3 Å². The Balaban J connectivity index is 1.71. The van der Waals surface area contributed by atoms with Crippen LogP contribution in [0.2, 0.25) is 0 Å². The van der Waals surface area contributed by atoms with Crippen molar-refractivity contribution in [1.82, 2.24) is 10.2 Å². The number of hydrogen-bond donors (Lipinski definition) is 1. The molecule has 18 heavy (non-hydrogen) atoms. The lowest BCUT2D eigenvalue weighted by molar-refractivity contribution is 0.00424. The summed E-state index contributed by atoms with van der Waals surface area (Å²) in [6, 6.07) is 2.23. The third-order valence-electron chi connectivity index (χ3n) is 4.67. The summed E-state index contributed by atoms with van der Waals surface area (Å²) in [5, 5.41) is 3.67. The summed E-state index contributed by atoms with van der Waals surface area (Å²) in [6.07, 6.45) is 9.22. The van der Waals surface area contributed by atoms with E-state index in [9.17, 15) is 0 Å². The van der Waals surface area contributed by atoms with Crippen LogP contribution in [-0.4, -0.2) is 49.8 Å². The molecule has 2 rings (SSSR count). The van der Waals surface area contributed by atoms with Gasteiger partial charge in [0.25, 0.3) is 0 Å². The Morgan fingerprint density at radius 3 is 2.50 bits per heavy atom. The molecule has 3 heteroatoms. The van der Waals surface area contributed by atoms with E-state index < -0.39 is 0 Å². The zero-order valence-corrected chi connectivity index (χ0v) is 12.2. The van der Waals surface area contributed by atoms with Crippen molar-refractivity contribution in [3.05, 3.63) is 0 Å². The van der Waals surface area contributed by atoms with Crippen LogP contribution in [-0.2, 0) is 4.74 Å². The van der Waals surface area contributed by atoms with Crippen molar-refractivity contribution in [2.75, 3.05) is 26.8 Å². The number of rotatable bonds is 5. The van der Waals surface area contributed by atoms with E-state index in [1.54, 1.807) is 0 Å². The SMILES string of the molecule is CCCNC1CCC(N(C)C2CCCOC2)CC1. The third kappa shape index (κ3) is 3.94. The quantitative estimate of drug-likeness (QED) is 0.815. The van der Waals surface area contributed by atoms with E-state index in [-0.39, 0.29) is 0 Å². The average Bonchev–Trinajstić information content (AvgIpc) is 2.46. The molecule has 1 aliphatic carbocycles. The first-order chi connectivity index (χ1) is 8.81. The predicted octanol–water partition coefficient (Wildman–Crippen LogP) is 2.41. The van der Waals surface area contributed by atoms with Crippen molar-refractivity contribution in [3.63, 3.8) is 0 Å². The molecule has 1 N–H and O–H groups in total. The summed E-state index contributed by atoms with van der Waals surface area (Å²) in [5.74, 6) is 0. The molecule has 1 saturated heterocycles. The highest BCUT2D eigenvalue weighted by atomic mass is 16.5. The second kappa shape index (κ2) is 7.46. The van der Waals surface area contributed by atoms with Crippen molar-refractivity contribution in [1.29, 1.82) is 0 Å². The van der Waals surface area contributed by atoms with Crippen LogP contribution in [0.1, 0.15) is 51.9 Å². The molecule has 1 aliphatic heterocycles. The highest BCUT2D eigenvalue weighted by molar-refractivity contribution is 4.85. The Labute approximate surface area is 112 Å². The van der Waals surface area contributed by atoms with Gasteiger partial charge in [0.1, 0.15) is 0 Å². The van der Waals surface area contributed by atoms with Gasteiger partial charge in [-0.2, -0.15) is 0 Å². The maximum Gasteiger partial charge on any atom is 0.0621 e. The zero-order chi connectivity index (χ0) is 12.8. The minimum Gasteiger partial charge on any atom is -0.380 e. The number of ether oxygens (including phenoxy) is 1. The zero-order valence-electron chi connectivity index (χ0n) is 12.2. The molecule has 2 fully saturated rings. The van der Waals surface area contributed by atoms with Gasteiger partial charge in [-0.1, -0.05) is 6.92 Å². The summed E-state index contributed by atoms with van der Waals surface area (Å²) in [4.78, 5) is 2.61. The molecule has 0 bridgehead atoms. The van der Waals surface area contributed by atoms with Crippen molar-refractivity contribution in [3.8, 4) is 0 Å². The predicted molar refractivity (Wildman–Crippen MR) is 75.9 cm³/mol. The minimum atomic E-state index is 0.670. The second-order valence-electron chi connectivity index (χ2n) is 6.00. The lowest BCUT2D eigenvalue weighted by atomic mass is 9.89. The van der Waals surface area contributed by atoms with Gasteiger partial charge in [-0.15, -0.1) is 0 Å². The summed E-state index contributed by atoms with van der Waals surface area (Å²) in [5.41, 5.74) is 0. The van der Waals surface area contributed by atoms with Gasteiger partial charge in [0, 0.05) is 24.7 Å². The van der Waals surface area contributed by atoms with Gasteiger partial charge in [0.05, 0.1) is 6.61 Å². The Morgan fingerprint density at radius 2 is 1.89 bits per heavy atom. The van der Waals surface area contributed by atoms with Crippen molar-refractivity contribution in [2.24, 2.45) is 0 Å². The monoisotopic (exact) mass is 254 g/mol. The number of nitrogens with zero attached hydrogens (tertiary/aromatic N) is 1. The molecule has 106 valence electrons. The fraction of sp³-hybridized carbons (Fsp3) is 1.00. The van der Waals surface area contributed by atoms with Gasteiger partial charge in [-0.25, -0.2) is 0 Å². The van der Waals surface area contributed by atoms with Crippen LogP contribution < -0.4 is 5.32 Å². The van der Waals surface area contributed by atoms with E-state index in [1.165, 1.54) is 51.5 Å². The van der Waals surface area contributed by atoms with Gasteiger partial charge in [-0.05, 0) is 58.5 Å². The Kier molecular flexibility index (Phi) is 5.93. The summed E-state index contributed by atoms with van der Waals surface area (Å²) in [7, 11) is 2.31. The lowest BCUT2D eigenvalue weighted by Gasteiger charge is -2.40. The normalized spacial score (nSPS) is 33.8. The summed E-state index contributed by atoms with van der Waals surface area (Å²) in [6.45, 7) is 5.35. The maximum atomic E-state index is 5.61. The van der Waals surface area contributed by atoms with Crippen LogP contribution in [0.4, 0.5) is 0 Å². The Hall–Kier alpha value is -0.120. The van der Waals surface area contributed by atoms with Crippen molar-refractivity contribution in [2.45, 2.75) is 70.0 Å². The molecule has 0 aromatic rings. The highest BCUT2D eigenvalue weighted by Gasteiger charge is 2.28. The van der Waals surface area contributed by atoms with Gasteiger partial charge in [0.2, 0.25) is 0 Å². The molecular weight excluding hydrogens is 224 g/mol. The smallest absolute Gasteiger partial charge is 0.0621 e. The number of nitrogens with one attached hydrogen (secondary N) is 1. The molecule has 1 saturated carbocycles. The van der Waals surface area contributed by atoms with Crippen LogP contribution in [0.3, 0.4) is 0 Å². The largest absolute Gasteiger partial charge is 0.380 e. The number of hydrogen-bond acceptors (Lipinski definition) is 3. The van der Waals surface area contributed by atoms with Crippen LogP contribution >= 0.6 is 0 Å². The average molecular weight is 254 g/mol. The molecule has 0 aromatic carbocycles. The molecule has 0 radical (unpaired) electrons. The first-order valence-electron chi connectivity index (χ1n) is 7.84. The van der Waals surface area contributed by atoms with Gasteiger partial charge < -0.3 is 10.1 Å². The summed E-state index contributed by atoms with van der Waals surface area (Å²) < 4.78 is 5.61. The molecule has 1 atom stereocenters. The molecule has 0 spiro atoms. The fourth-order valence-electron chi connectivity index (χ4n) is 3.38. The third-order valence-corrected chi connectivity index (χ3v) is 4.67. The topological polar surface area (TPSA) is 24.5 Å². The van der Waals surface area contributed by atoms with E-state index in [1.807, 2.05) is 0 Å². The van der Waals surface area contributed by atoms with Crippen molar-refractivity contribution >= 4 is 0 Å². The van der Waals surface area contributed by atoms with E-state index in [0.29, 0.717) is 6.04 Å². The second-order valence-corrected chi connectivity index (χ2v) is 6.00. The molecule has 1 unspecified atom stereocenters. The van der Waals surface area contributed by atoms with Gasteiger partial charge in [0.15, 0.2) is 0 Å². The molecular formula is C15H30N2O. The standard InChI is InChI=1S/C15H30N2O/c1-3-10-16-13-6-8-14(9-7-13)17(2)15-5-4-11-18-12-15/h13-16H,3-12H2,1-2H3. The van der Waals surface area contributed by atoms with Gasteiger partial charge in [-0.3, -0.25) is 4.90 Å². The molecule has 1 heterocycles. The molecule has 0 amide bonds. The van der Waals surface area contributed by atoms with Crippen LogP contribution in [0.15, 0.2) is 0 Å².